The second-order valence-electron chi connectivity index (χ2n) is 19.8. The molecule has 0 atom stereocenters. The Hall–Kier alpha value is -4.12. The number of hydrogen-bond donors (Lipinski definition) is 2. The van der Waals surface area contributed by atoms with E-state index in [1.807, 2.05) is 0 Å². The zero-order chi connectivity index (χ0) is 44.1. The van der Waals surface area contributed by atoms with Gasteiger partial charge in [0.1, 0.15) is 11.5 Å². The molecule has 2 N–H and O–H groups in total. The fourth-order valence-electron chi connectivity index (χ4n) is 8.00. The van der Waals surface area contributed by atoms with Crippen molar-refractivity contribution in [1.82, 2.24) is 0 Å². The van der Waals surface area contributed by atoms with Gasteiger partial charge in [0.2, 0.25) is 0 Å². The van der Waals surface area contributed by atoms with E-state index in [-0.39, 0.29) is 11.5 Å². The number of hydrogen-bond acceptors (Lipinski definition) is 4. The minimum Gasteiger partial charge on any atom is -0.506 e. The predicted molar refractivity (Wildman–Crippen MR) is 265 cm³/mol. The van der Waals surface area contributed by atoms with Gasteiger partial charge in [0, 0.05) is 20.9 Å². The van der Waals surface area contributed by atoms with Crippen molar-refractivity contribution >= 4 is 22.7 Å². The van der Waals surface area contributed by atoms with E-state index in [0.29, 0.717) is 58.5 Å². The molecule has 0 spiro atoms. The summed E-state index contributed by atoms with van der Waals surface area (Å²) >= 11 is 3.32. The van der Waals surface area contributed by atoms with Crippen LogP contribution in [0, 0.1) is 0 Å². The molecule has 0 aliphatic rings. The topological polar surface area (TPSA) is 40.5 Å². The summed E-state index contributed by atoms with van der Waals surface area (Å²) < 4.78 is 0. The maximum absolute atomic E-state index is 13.1. The summed E-state index contributed by atoms with van der Waals surface area (Å²) in [4.78, 5) is 3.64. The van der Waals surface area contributed by atoms with Crippen molar-refractivity contribution in [3.05, 3.63) is 117 Å². The highest BCUT2D eigenvalue weighted by molar-refractivity contribution is 7.21. The van der Waals surface area contributed by atoms with E-state index < -0.39 is 0 Å². The molecule has 0 radical (unpaired) electrons. The third-order valence-electron chi connectivity index (χ3n) is 12.3. The molecule has 0 fully saturated rings. The third-order valence-corrected chi connectivity index (χ3v) is 14.9. The van der Waals surface area contributed by atoms with Crippen LogP contribution >= 0.6 is 22.7 Å². The lowest BCUT2D eigenvalue weighted by Gasteiger charge is -2.16. The van der Waals surface area contributed by atoms with Gasteiger partial charge in [-0.2, -0.15) is 0 Å². The molecule has 0 unspecified atom stereocenters. The largest absolute Gasteiger partial charge is 0.506 e. The van der Waals surface area contributed by atoms with E-state index in [1.165, 1.54) is 44.5 Å². The van der Waals surface area contributed by atoms with Gasteiger partial charge in [-0.05, 0) is 138 Å². The second kappa shape index (κ2) is 18.1. The standard InChI is InChI=1S/C56H70O2S2/c1-29(2)37-17-38(30(3)4)22-45(21-37)53-49(51(57)55(59-53)47-25-41(33(9)10)19-42(26-47)34(11)12)50-52(58)56(48-27-43(35(13)14)20-44(28-48)36(15)16)60-54(50)46-23-39(31(5)6)18-40(24-46)32(7)8/h17-36,57-58H,1-16H3. The van der Waals surface area contributed by atoms with Crippen LogP contribution in [0.5, 0.6) is 11.5 Å². The Kier molecular flexibility index (Phi) is 13.7. The number of thiophene rings is 2. The van der Waals surface area contributed by atoms with Gasteiger partial charge < -0.3 is 10.2 Å². The molecule has 0 saturated carbocycles. The van der Waals surface area contributed by atoms with Crippen molar-refractivity contribution < 1.29 is 10.2 Å². The van der Waals surface area contributed by atoms with Crippen LogP contribution in [-0.2, 0) is 0 Å². The van der Waals surface area contributed by atoms with Crippen molar-refractivity contribution in [1.29, 1.82) is 0 Å². The smallest absolute Gasteiger partial charge is 0.142 e. The maximum Gasteiger partial charge on any atom is 0.142 e. The normalized spacial score (nSPS) is 12.3. The molecule has 2 aromatic heterocycles. The molecule has 2 nitrogen and oxygen atoms in total. The molecule has 60 heavy (non-hydrogen) atoms. The zero-order valence-electron chi connectivity index (χ0n) is 39.3. The molecule has 0 aliphatic heterocycles. The molecule has 0 amide bonds. The van der Waals surface area contributed by atoms with Crippen LogP contribution in [0.15, 0.2) is 72.8 Å². The second-order valence-corrected chi connectivity index (χ2v) is 21.8. The Morgan fingerprint density at radius 1 is 0.267 bits per heavy atom. The van der Waals surface area contributed by atoms with E-state index in [1.54, 1.807) is 22.7 Å². The van der Waals surface area contributed by atoms with Crippen LogP contribution in [0.1, 0.15) is 203 Å². The van der Waals surface area contributed by atoms with Crippen LogP contribution in [0.3, 0.4) is 0 Å². The van der Waals surface area contributed by atoms with E-state index in [9.17, 15) is 10.2 Å². The minimum absolute atomic E-state index is 0.232. The SMILES string of the molecule is CC(C)c1cc(-c2sc(-c3cc(C(C)C)cc(C(C)C)c3)c(-c3c(-c4cc(C(C)C)cc(C(C)C)c4)sc(-c4cc(C(C)C)cc(C(C)C)c4)c3O)c2O)cc(C(C)C)c1. The Labute approximate surface area is 370 Å². The summed E-state index contributed by atoms with van der Waals surface area (Å²) in [6.45, 7) is 36.0. The lowest BCUT2D eigenvalue weighted by Crippen LogP contribution is -1.96. The minimum atomic E-state index is 0.232. The van der Waals surface area contributed by atoms with Gasteiger partial charge in [0.15, 0.2) is 0 Å². The van der Waals surface area contributed by atoms with Crippen LogP contribution in [0.2, 0.25) is 0 Å². The van der Waals surface area contributed by atoms with Crippen LogP contribution in [0.4, 0.5) is 0 Å². The molecule has 6 aromatic rings. The molecule has 318 valence electrons. The number of rotatable bonds is 13. The summed E-state index contributed by atoms with van der Waals surface area (Å²) in [5.41, 5.74) is 15.8. The molecule has 4 heteroatoms. The van der Waals surface area contributed by atoms with Gasteiger partial charge in [-0.1, -0.05) is 159 Å². The van der Waals surface area contributed by atoms with Crippen molar-refractivity contribution in [2.75, 3.05) is 0 Å². The zero-order valence-corrected chi connectivity index (χ0v) is 40.9. The maximum atomic E-state index is 13.1. The Morgan fingerprint density at radius 3 is 0.600 bits per heavy atom. The molecule has 6 rings (SSSR count). The first kappa shape index (κ1) is 45.4. The lowest BCUT2D eigenvalue weighted by atomic mass is 9.88. The fraction of sp³-hybridized carbons (Fsp3) is 0.429. The predicted octanol–water partition coefficient (Wildman–Crippen LogP) is 18.5. The van der Waals surface area contributed by atoms with Crippen LogP contribution in [0.25, 0.3) is 52.9 Å². The number of benzene rings is 4. The average Bonchev–Trinajstić information content (AvgIpc) is 3.72. The molecule has 0 saturated heterocycles. The van der Waals surface area contributed by atoms with Gasteiger partial charge in [-0.15, -0.1) is 22.7 Å². The lowest BCUT2D eigenvalue weighted by molar-refractivity contribution is 0.474. The number of aromatic hydroxyl groups is 2. The quantitative estimate of drug-likeness (QED) is 0.122. The summed E-state index contributed by atoms with van der Waals surface area (Å²) in [7, 11) is 0. The van der Waals surface area contributed by atoms with Crippen molar-refractivity contribution in [2.24, 2.45) is 0 Å². The molecule has 2 heterocycles. The highest BCUT2D eigenvalue weighted by Crippen LogP contribution is 2.60. The van der Waals surface area contributed by atoms with E-state index in [2.05, 4.69) is 184 Å². The summed E-state index contributed by atoms with van der Waals surface area (Å²) in [5, 5.41) is 26.2. The summed E-state index contributed by atoms with van der Waals surface area (Å²) in [6, 6.07) is 27.7. The van der Waals surface area contributed by atoms with Gasteiger partial charge >= 0.3 is 0 Å². The van der Waals surface area contributed by atoms with Crippen molar-refractivity contribution in [3.8, 4) is 64.4 Å². The van der Waals surface area contributed by atoms with Gasteiger partial charge in [0.05, 0.1) is 9.75 Å². The van der Waals surface area contributed by atoms with Crippen molar-refractivity contribution in [2.45, 2.75) is 158 Å². The van der Waals surface area contributed by atoms with Gasteiger partial charge in [0.25, 0.3) is 0 Å². The first-order valence-corrected chi connectivity index (χ1v) is 24.1. The third kappa shape index (κ3) is 9.21. The molecular weight excluding hydrogens is 769 g/mol. The summed E-state index contributed by atoms with van der Waals surface area (Å²) in [5.74, 6) is 3.07. The van der Waals surface area contributed by atoms with E-state index >= 15 is 0 Å². The highest BCUT2D eigenvalue weighted by Gasteiger charge is 2.32. The van der Waals surface area contributed by atoms with E-state index in [0.717, 1.165) is 41.8 Å². The average molecular weight is 839 g/mol. The van der Waals surface area contributed by atoms with E-state index in [4.69, 9.17) is 0 Å². The first-order chi connectivity index (χ1) is 28.2. The molecule has 4 aromatic carbocycles. The fourth-order valence-corrected chi connectivity index (χ4v) is 10.4. The van der Waals surface area contributed by atoms with Gasteiger partial charge in [-0.25, -0.2) is 0 Å². The Morgan fingerprint density at radius 2 is 0.433 bits per heavy atom. The Bertz CT molecular complexity index is 2200. The molecular formula is C56H70O2S2. The summed E-state index contributed by atoms with van der Waals surface area (Å²) in [6.07, 6.45) is 0. The van der Waals surface area contributed by atoms with Crippen LogP contribution in [-0.4, -0.2) is 10.2 Å². The molecule has 0 aliphatic carbocycles. The Balaban J connectivity index is 1.81. The highest BCUT2D eigenvalue weighted by atomic mass is 32.1. The first-order valence-electron chi connectivity index (χ1n) is 22.5. The monoisotopic (exact) mass is 838 g/mol. The van der Waals surface area contributed by atoms with Gasteiger partial charge in [-0.3, -0.25) is 0 Å². The molecule has 0 bridgehead atoms. The van der Waals surface area contributed by atoms with Crippen molar-refractivity contribution in [3.63, 3.8) is 0 Å². The van der Waals surface area contributed by atoms with Crippen LogP contribution < -0.4 is 0 Å².